The van der Waals surface area contributed by atoms with Crippen LogP contribution in [0.15, 0.2) is 29.8 Å². The maximum Gasteiger partial charge on any atom is 0.202 e. The molecule has 0 unspecified atom stereocenters. The van der Waals surface area contributed by atoms with Gasteiger partial charge in [0, 0.05) is 11.6 Å². The number of aromatic nitrogens is 3. The molecular formula is C15H18N4OS. The number of nitrogen functional groups attached to an aromatic ring is 1. The van der Waals surface area contributed by atoms with Crippen molar-refractivity contribution < 1.29 is 4.74 Å². The van der Waals surface area contributed by atoms with Crippen LogP contribution in [0.1, 0.15) is 25.8 Å². The van der Waals surface area contributed by atoms with Crippen molar-refractivity contribution in [2.75, 3.05) is 12.3 Å². The van der Waals surface area contributed by atoms with E-state index in [-0.39, 0.29) is 5.54 Å². The Balaban J connectivity index is 2.24. The molecule has 6 heteroatoms. The summed E-state index contributed by atoms with van der Waals surface area (Å²) in [7, 11) is 0. The fraction of sp³-hybridized carbons (Fsp3) is 0.333. The number of imidazole rings is 1. The minimum absolute atomic E-state index is 0.363. The molecule has 0 aliphatic rings. The molecule has 0 aliphatic carbocycles. The lowest BCUT2D eigenvalue weighted by molar-refractivity contribution is 0.343. The van der Waals surface area contributed by atoms with Crippen LogP contribution < -0.4 is 10.5 Å². The number of ether oxygens (including phenoxy) is 1. The number of fused-ring (bicyclic) bond motifs is 1. The molecule has 3 aromatic rings. The second-order valence-corrected chi connectivity index (χ2v) is 6.15. The van der Waals surface area contributed by atoms with E-state index in [4.69, 9.17) is 10.5 Å². The van der Waals surface area contributed by atoms with Gasteiger partial charge in [-0.3, -0.25) is 4.57 Å². The Hall–Kier alpha value is -2.08. The average Bonchev–Trinajstić information content (AvgIpc) is 3.06. The quantitative estimate of drug-likeness (QED) is 0.803. The Morgan fingerprint density at radius 1 is 1.38 bits per heavy atom. The molecule has 0 radical (unpaired) electrons. The van der Waals surface area contributed by atoms with E-state index >= 15 is 0 Å². The molecule has 5 nitrogen and oxygen atoms in total. The third-order valence-electron chi connectivity index (χ3n) is 3.49. The monoisotopic (exact) mass is 302 g/mol. The molecule has 0 atom stereocenters. The van der Waals surface area contributed by atoms with Crippen molar-refractivity contribution in [2.24, 2.45) is 0 Å². The van der Waals surface area contributed by atoms with Crippen molar-refractivity contribution in [3.63, 3.8) is 0 Å². The summed E-state index contributed by atoms with van der Waals surface area (Å²) < 4.78 is 7.66. The highest BCUT2D eigenvalue weighted by molar-refractivity contribution is 7.09. The molecule has 0 amide bonds. The van der Waals surface area contributed by atoms with Crippen molar-refractivity contribution in [2.45, 2.75) is 26.3 Å². The number of nitrogens with two attached hydrogens (primary N) is 1. The lowest BCUT2D eigenvalue weighted by Crippen LogP contribution is -2.28. The maximum absolute atomic E-state index is 6.18. The van der Waals surface area contributed by atoms with Gasteiger partial charge in [0.25, 0.3) is 0 Å². The summed E-state index contributed by atoms with van der Waals surface area (Å²) in [6.07, 6.45) is 1.81. The zero-order valence-corrected chi connectivity index (χ0v) is 13.1. The van der Waals surface area contributed by atoms with E-state index in [2.05, 4.69) is 23.8 Å². The van der Waals surface area contributed by atoms with E-state index in [0.717, 1.165) is 21.8 Å². The molecule has 2 aromatic heterocycles. The van der Waals surface area contributed by atoms with Crippen LogP contribution in [0.3, 0.4) is 0 Å². The van der Waals surface area contributed by atoms with Gasteiger partial charge in [-0.1, -0.05) is 6.07 Å². The minimum atomic E-state index is -0.363. The highest BCUT2D eigenvalue weighted by Crippen LogP contribution is 2.36. The Labute approximate surface area is 127 Å². The molecular weight excluding hydrogens is 284 g/mol. The van der Waals surface area contributed by atoms with Crippen molar-refractivity contribution >= 4 is 28.3 Å². The first-order valence-electron chi connectivity index (χ1n) is 6.86. The maximum atomic E-state index is 6.18. The summed E-state index contributed by atoms with van der Waals surface area (Å²) in [5, 5.41) is 2.97. The molecule has 0 bridgehead atoms. The molecule has 3 rings (SSSR count). The van der Waals surface area contributed by atoms with Crippen LogP contribution in [0.2, 0.25) is 0 Å². The molecule has 2 N–H and O–H groups in total. The Morgan fingerprint density at radius 2 is 2.19 bits per heavy atom. The molecule has 0 spiro atoms. The predicted octanol–water partition coefficient (Wildman–Crippen LogP) is 3.26. The van der Waals surface area contributed by atoms with Crippen molar-refractivity contribution in [1.29, 1.82) is 0 Å². The summed E-state index contributed by atoms with van der Waals surface area (Å²) in [5.74, 6) is 1.23. The second kappa shape index (κ2) is 5.04. The third kappa shape index (κ3) is 2.15. The smallest absolute Gasteiger partial charge is 0.202 e. The topological polar surface area (TPSA) is 66.0 Å². The summed E-state index contributed by atoms with van der Waals surface area (Å²) in [4.78, 5) is 8.93. The Bertz CT molecular complexity index is 761. The van der Waals surface area contributed by atoms with Gasteiger partial charge in [0.05, 0.1) is 17.7 Å². The van der Waals surface area contributed by atoms with Crippen LogP contribution in [0.25, 0.3) is 11.0 Å². The standard InChI is InChI=1S/C15H18N4OS/c1-4-20-11-7-5-6-10-12(11)18-14(16)19(10)15(2,3)13-17-8-9-21-13/h5-9H,4H2,1-3H3,(H2,16,18). The van der Waals surface area contributed by atoms with Crippen molar-refractivity contribution in [3.8, 4) is 5.75 Å². The van der Waals surface area contributed by atoms with Crippen molar-refractivity contribution in [3.05, 3.63) is 34.8 Å². The Morgan fingerprint density at radius 3 is 2.86 bits per heavy atom. The van der Waals surface area contributed by atoms with E-state index < -0.39 is 0 Å². The molecule has 21 heavy (non-hydrogen) atoms. The first-order valence-corrected chi connectivity index (χ1v) is 7.74. The van der Waals surface area contributed by atoms with E-state index in [1.54, 1.807) is 11.3 Å². The van der Waals surface area contributed by atoms with Crippen LogP contribution >= 0.6 is 11.3 Å². The number of para-hydroxylation sites is 1. The number of rotatable bonds is 4. The first-order chi connectivity index (χ1) is 10.1. The number of thiazole rings is 1. The van der Waals surface area contributed by atoms with Crippen LogP contribution in [0.5, 0.6) is 5.75 Å². The van der Waals surface area contributed by atoms with Crippen LogP contribution in [-0.4, -0.2) is 21.1 Å². The van der Waals surface area contributed by atoms with Gasteiger partial charge < -0.3 is 10.5 Å². The Kier molecular flexibility index (Phi) is 3.33. The van der Waals surface area contributed by atoms with Crippen LogP contribution in [0, 0.1) is 0 Å². The summed E-state index contributed by atoms with van der Waals surface area (Å²) in [5.41, 5.74) is 7.57. The van der Waals surface area contributed by atoms with Crippen molar-refractivity contribution in [1.82, 2.24) is 14.5 Å². The zero-order chi connectivity index (χ0) is 15.0. The zero-order valence-electron chi connectivity index (χ0n) is 12.3. The number of anilines is 1. The van der Waals surface area contributed by atoms with Gasteiger partial charge in [-0.05, 0) is 32.9 Å². The SMILES string of the molecule is CCOc1cccc2c1nc(N)n2C(C)(C)c1nccs1. The van der Waals surface area contributed by atoms with E-state index in [9.17, 15) is 0 Å². The molecule has 2 heterocycles. The van der Waals surface area contributed by atoms with Crippen LogP contribution in [-0.2, 0) is 5.54 Å². The molecule has 110 valence electrons. The first kappa shape index (κ1) is 13.9. The fourth-order valence-electron chi connectivity index (χ4n) is 2.57. The van der Waals surface area contributed by atoms with Crippen LogP contribution in [0.4, 0.5) is 5.95 Å². The van der Waals surface area contributed by atoms with Gasteiger partial charge in [-0.2, -0.15) is 0 Å². The van der Waals surface area contributed by atoms with E-state index in [0.29, 0.717) is 12.6 Å². The second-order valence-electron chi connectivity index (χ2n) is 5.26. The highest BCUT2D eigenvalue weighted by Gasteiger charge is 2.30. The minimum Gasteiger partial charge on any atom is -0.492 e. The summed E-state index contributed by atoms with van der Waals surface area (Å²) >= 11 is 1.61. The fourth-order valence-corrected chi connectivity index (χ4v) is 3.32. The van der Waals surface area contributed by atoms with Gasteiger partial charge in [0.1, 0.15) is 16.3 Å². The average molecular weight is 302 g/mol. The molecule has 0 aliphatic heterocycles. The molecule has 0 fully saturated rings. The van der Waals surface area contributed by atoms with E-state index in [1.165, 1.54) is 0 Å². The highest BCUT2D eigenvalue weighted by atomic mass is 32.1. The largest absolute Gasteiger partial charge is 0.492 e. The summed E-state index contributed by atoms with van der Waals surface area (Å²) in [6, 6.07) is 5.89. The molecule has 0 saturated heterocycles. The number of nitrogens with zero attached hydrogens (tertiary/aromatic N) is 3. The lowest BCUT2D eigenvalue weighted by atomic mass is 10.1. The number of benzene rings is 1. The summed E-state index contributed by atoms with van der Waals surface area (Å²) in [6.45, 7) is 6.74. The molecule has 0 saturated carbocycles. The van der Waals surface area contributed by atoms with E-state index in [1.807, 2.05) is 41.3 Å². The van der Waals surface area contributed by atoms with Gasteiger partial charge in [0.15, 0.2) is 0 Å². The third-order valence-corrected chi connectivity index (χ3v) is 4.57. The van der Waals surface area contributed by atoms with Gasteiger partial charge in [-0.15, -0.1) is 11.3 Å². The normalized spacial score (nSPS) is 12.0. The molecule has 1 aromatic carbocycles. The lowest BCUT2D eigenvalue weighted by Gasteiger charge is -2.26. The number of hydrogen-bond acceptors (Lipinski definition) is 5. The van der Waals surface area contributed by atoms with Gasteiger partial charge in [0.2, 0.25) is 5.95 Å². The van der Waals surface area contributed by atoms with Gasteiger partial charge >= 0.3 is 0 Å². The number of hydrogen-bond donors (Lipinski definition) is 1. The predicted molar refractivity (Wildman–Crippen MR) is 85.9 cm³/mol. The van der Waals surface area contributed by atoms with Gasteiger partial charge in [-0.25, -0.2) is 9.97 Å².